The lowest BCUT2D eigenvalue weighted by molar-refractivity contribution is -0.127. The van der Waals surface area contributed by atoms with Crippen molar-refractivity contribution in [2.75, 3.05) is 26.7 Å². The van der Waals surface area contributed by atoms with E-state index in [1.54, 1.807) is 0 Å². The van der Waals surface area contributed by atoms with E-state index in [0.29, 0.717) is 11.8 Å². The summed E-state index contributed by atoms with van der Waals surface area (Å²) in [5.74, 6) is 0.210. The molecule has 0 aromatic heterocycles. The maximum atomic E-state index is 13.5. The fraction of sp³-hybridized carbons (Fsp3) is 0.600. The molecule has 9 heteroatoms. The zero-order chi connectivity index (χ0) is 20.5. The third kappa shape index (κ3) is 4.34. The van der Waals surface area contributed by atoms with Crippen LogP contribution in [0, 0.1) is 17.7 Å². The van der Waals surface area contributed by atoms with E-state index in [2.05, 4.69) is 16.0 Å². The summed E-state index contributed by atoms with van der Waals surface area (Å²) in [5, 5.41) is 9.41. The van der Waals surface area contributed by atoms with Crippen molar-refractivity contribution >= 4 is 23.4 Å². The van der Waals surface area contributed by atoms with Crippen LogP contribution in [-0.2, 0) is 9.59 Å². The Morgan fingerprint density at radius 1 is 1.28 bits per heavy atom. The second-order valence-corrected chi connectivity index (χ2v) is 8.54. The van der Waals surface area contributed by atoms with Crippen molar-refractivity contribution in [2.24, 2.45) is 11.8 Å². The van der Waals surface area contributed by atoms with Crippen LogP contribution >= 0.6 is 11.6 Å². The third-order valence-electron chi connectivity index (χ3n) is 6.35. The monoisotopic (exact) mass is 424 g/mol. The minimum absolute atomic E-state index is 0.000671. The summed E-state index contributed by atoms with van der Waals surface area (Å²) in [5.41, 5.74) is 0. The van der Waals surface area contributed by atoms with Crippen LogP contribution in [0.15, 0.2) is 18.2 Å². The number of likely N-dealkylation sites (N-methyl/N-ethyl adjacent to an activating group) is 1. The maximum Gasteiger partial charge on any atom is 0.258 e. The number of hydrogen-bond acceptors (Lipinski definition) is 5. The van der Waals surface area contributed by atoms with E-state index >= 15 is 0 Å². The third-order valence-corrected chi connectivity index (χ3v) is 6.66. The standard InChI is InChI=1S/C20H26ClFN4O3/c1-26-7-6-23-19(26)20(28)25-17-9-16(12-3-4-13(12)17)24-18(27)10-29-11-2-5-14(21)15(22)8-11/h2,5,8,12-13,16-17,19,23H,3-4,6-7,9-10H2,1H3,(H,24,27)(H,25,28)/t12?,13?,16-,17?,19?/m0/s1. The molecule has 0 bridgehead atoms. The number of hydrogen-bond donors (Lipinski definition) is 3. The van der Waals surface area contributed by atoms with Gasteiger partial charge in [0, 0.05) is 31.2 Å². The number of nitrogens with zero attached hydrogens (tertiary/aromatic N) is 1. The lowest BCUT2D eigenvalue weighted by atomic mass is 9.73. The van der Waals surface area contributed by atoms with E-state index in [9.17, 15) is 14.0 Å². The molecule has 2 aliphatic carbocycles. The number of ether oxygens (including phenoxy) is 1. The molecule has 3 N–H and O–H groups in total. The Labute approximate surface area is 174 Å². The molecule has 3 aliphatic rings. The highest BCUT2D eigenvalue weighted by atomic mass is 35.5. The lowest BCUT2D eigenvalue weighted by Gasteiger charge is -2.36. The molecule has 1 aromatic rings. The van der Waals surface area contributed by atoms with Gasteiger partial charge in [-0.15, -0.1) is 0 Å². The van der Waals surface area contributed by atoms with Crippen LogP contribution in [0.5, 0.6) is 5.75 Å². The van der Waals surface area contributed by atoms with Gasteiger partial charge in [0.1, 0.15) is 17.7 Å². The van der Waals surface area contributed by atoms with E-state index in [1.807, 2.05) is 11.9 Å². The second-order valence-electron chi connectivity index (χ2n) is 8.13. The molecule has 1 saturated heterocycles. The first-order valence-electron chi connectivity index (χ1n) is 10.0. The number of carbonyl (C=O) groups excluding carboxylic acids is 2. The van der Waals surface area contributed by atoms with Crippen LogP contribution in [0.1, 0.15) is 19.3 Å². The molecule has 1 aromatic carbocycles. The van der Waals surface area contributed by atoms with E-state index in [0.717, 1.165) is 38.4 Å². The lowest BCUT2D eigenvalue weighted by Crippen LogP contribution is -2.52. The molecule has 4 rings (SSSR count). The van der Waals surface area contributed by atoms with Crippen molar-refractivity contribution in [3.8, 4) is 5.75 Å². The van der Waals surface area contributed by atoms with Gasteiger partial charge in [-0.3, -0.25) is 19.8 Å². The largest absolute Gasteiger partial charge is 0.484 e. The maximum absolute atomic E-state index is 13.5. The summed E-state index contributed by atoms with van der Waals surface area (Å²) >= 11 is 5.65. The Kier molecular flexibility index (Phi) is 5.94. The Morgan fingerprint density at radius 2 is 2.00 bits per heavy atom. The number of fused-ring (bicyclic) bond motifs is 1. The Hall–Kier alpha value is -1.90. The van der Waals surface area contributed by atoms with Gasteiger partial charge in [-0.1, -0.05) is 11.6 Å². The van der Waals surface area contributed by atoms with Crippen molar-refractivity contribution in [3.05, 3.63) is 29.0 Å². The molecule has 1 aliphatic heterocycles. The minimum atomic E-state index is -0.585. The molecule has 4 unspecified atom stereocenters. The molecule has 0 spiro atoms. The first kappa shape index (κ1) is 20.4. The van der Waals surface area contributed by atoms with Gasteiger partial charge in [0.25, 0.3) is 11.8 Å². The predicted molar refractivity (Wildman–Crippen MR) is 106 cm³/mol. The summed E-state index contributed by atoms with van der Waals surface area (Å²) < 4.78 is 18.8. The highest BCUT2D eigenvalue weighted by Crippen LogP contribution is 2.47. The number of nitrogens with one attached hydrogen (secondary N) is 3. The zero-order valence-electron chi connectivity index (χ0n) is 16.3. The zero-order valence-corrected chi connectivity index (χ0v) is 17.0. The minimum Gasteiger partial charge on any atom is -0.484 e. The highest BCUT2D eigenvalue weighted by molar-refractivity contribution is 6.30. The number of benzene rings is 1. The van der Waals surface area contributed by atoms with Gasteiger partial charge in [-0.05, 0) is 50.3 Å². The predicted octanol–water partition coefficient (Wildman–Crippen LogP) is 1.12. The first-order valence-corrected chi connectivity index (χ1v) is 10.4. The number of amides is 2. The van der Waals surface area contributed by atoms with E-state index < -0.39 is 5.82 Å². The van der Waals surface area contributed by atoms with Gasteiger partial charge < -0.3 is 15.4 Å². The van der Waals surface area contributed by atoms with E-state index in [-0.39, 0.29) is 47.4 Å². The van der Waals surface area contributed by atoms with Gasteiger partial charge in [-0.25, -0.2) is 4.39 Å². The van der Waals surface area contributed by atoms with Crippen molar-refractivity contribution in [3.63, 3.8) is 0 Å². The summed E-state index contributed by atoms with van der Waals surface area (Å²) in [4.78, 5) is 26.9. The van der Waals surface area contributed by atoms with Crippen LogP contribution in [0.4, 0.5) is 4.39 Å². The molecular weight excluding hydrogens is 399 g/mol. The molecule has 2 saturated carbocycles. The Bertz CT molecular complexity index is 795. The summed E-state index contributed by atoms with van der Waals surface area (Å²) in [7, 11) is 1.93. The average Bonchev–Trinajstić information content (AvgIpc) is 3.16. The number of halogens is 2. The SMILES string of the molecule is CN1CCNC1C(=O)NC1C[C@H](NC(=O)COc2ccc(Cl)c(F)c2)C2CCC12. The van der Waals surface area contributed by atoms with Crippen LogP contribution in [0.2, 0.25) is 5.02 Å². The van der Waals surface area contributed by atoms with Gasteiger partial charge in [-0.2, -0.15) is 0 Å². The van der Waals surface area contributed by atoms with Crippen LogP contribution in [0.3, 0.4) is 0 Å². The summed E-state index contributed by atoms with van der Waals surface area (Å²) in [6.07, 6.45) is 2.55. The molecule has 0 radical (unpaired) electrons. The summed E-state index contributed by atoms with van der Waals surface area (Å²) in [6.45, 7) is 1.47. The number of carbonyl (C=O) groups is 2. The number of rotatable bonds is 6. The molecule has 158 valence electrons. The first-order chi connectivity index (χ1) is 13.9. The molecule has 2 amide bonds. The normalized spacial score (nSPS) is 31.1. The smallest absolute Gasteiger partial charge is 0.258 e. The molecule has 3 fully saturated rings. The van der Waals surface area contributed by atoms with Crippen molar-refractivity contribution in [1.29, 1.82) is 0 Å². The Morgan fingerprint density at radius 3 is 2.62 bits per heavy atom. The van der Waals surface area contributed by atoms with E-state index in [4.69, 9.17) is 16.3 Å². The van der Waals surface area contributed by atoms with Crippen molar-refractivity contribution < 1.29 is 18.7 Å². The second kappa shape index (κ2) is 8.45. The van der Waals surface area contributed by atoms with Crippen LogP contribution in [-0.4, -0.2) is 61.7 Å². The fourth-order valence-corrected chi connectivity index (χ4v) is 4.80. The molecule has 1 heterocycles. The fourth-order valence-electron chi connectivity index (χ4n) is 4.69. The quantitative estimate of drug-likeness (QED) is 0.637. The summed E-state index contributed by atoms with van der Waals surface area (Å²) in [6, 6.07) is 4.17. The van der Waals surface area contributed by atoms with Gasteiger partial charge >= 0.3 is 0 Å². The van der Waals surface area contributed by atoms with Gasteiger partial charge in [0.2, 0.25) is 0 Å². The van der Waals surface area contributed by atoms with Gasteiger partial charge in [0.15, 0.2) is 6.61 Å². The Balaban J connectivity index is 1.27. The van der Waals surface area contributed by atoms with Crippen LogP contribution < -0.4 is 20.7 Å². The van der Waals surface area contributed by atoms with Crippen LogP contribution in [0.25, 0.3) is 0 Å². The molecule has 7 nitrogen and oxygen atoms in total. The van der Waals surface area contributed by atoms with E-state index in [1.165, 1.54) is 12.1 Å². The highest BCUT2D eigenvalue weighted by Gasteiger charge is 2.50. The topological polar surface area (TPSA) is 82.7 Å². The average molecular weight is 425 g/mol. The van der Waals surface area contributed by atoms with Crippen molar-refractivity contribution in [2.45, 2.75) is 37.5 Å². The molecular formula is C20H26ClFN4O3. The van der Waals surface area contributed by atoms with Crippen molar-refractivity contribution in [1.82, 2.24) is 20.9 Å². The van der Waals surface area contributed by atoms with Gasteiger partial charge in [0.05, 0.1) is 5.02 Å². The molecule has 29 heavy (non-hydrogen) atoms. The molecule has 5 atom stereocenters.